The number of benzene rings is 3. The molecular formula is C21H16Br2N2O3. The number of carbonyl (C=O) groups is 1. The van der Waals surface area contributed by atoms with Crippen LogP contribution in [0.15, 0.2) is 80.8 Å². The second-order valence-electron chi connectivity index (χ2n) is 5.81. The minimum absolute atomic E-state index is 0.117. The maximum absolute atomic E-state index is 12.2. The standard InChI is InChI=1S/C21H16Br2N2O3/c22-16-7-5-14(6-8-16)13-28-20-4-2-1-3-15(20)12-24-25-21(27)18-11-17(23)9-10-19(18)26/h1-12,26H,13H2,(H,25,27)/b24-12-. The number of rotatable bonds is 6. The largest absolute Gasteiger partial charge is 0.507 e. The molecule has 0 heterocycles. The van der Waals surface area contributed by atoms with E-state index < -0.39 is 5.91 Å². The lowest BCUT2D eigenvalue weighted by molar-refractivity contribution is 0.0952. The number of amides is 1. The van der Waals surface area contributed by atoms with E-state index in [4.69, 9.17) is 4.74 Å². The molecule has 0 aliphatic heterocycles. The predicted molar refractivity (Wildman–Crippen MR) is 116 cm³/mol. The van der Waals surface area contributed by atoms with E-state index in [1.165, 1.54) is 18.3 Å². The second kappa shape index (κ2) is 9.52. The van der Waals surface area contributed by atoms with Crippen LogP contribution in [0.1, 0.15) is 21.5 Å². The minimum Gasteiger partial charge on any atom is -0.507 e. The van der Waals surface area contributed by atoms with Crippen molar-refractivity contribution in [2.45, 2.75) is 6.61 Å². The smallest absolute Gasteiger partial charge is 0.275 e. The summed E-state index contributed by atoms with van der Waals surface area (Å²) in [6.45, 7) is 0.413. The summed E-state index contributed by atoms with van der Waals surface area (Å²) < 4.78 is 7.57. The highest BCUT2D eigenvalue weighted by atomic mass is 79.9. The first-order valence-electron chi connectivity index (χ1n) is 8.31. The molecule has 0 aromatic heterocycles. The third kappa shape index (κ3) is 5.43. The van der Waals surface area contributed by atoms with Crippen molar-refractivity contribution in [1.29, 1.82) is 0 Å². The van der Waals surface area contributed by atoms with Gasteiger partial charge in [0.15, 0.2) is 0 Å². The first kappa shape index (κ1) is 20.1. The van der Waals surface area contributed by atoms with Gasteiger partial charge >= 0.3 is 0 Å². The van der Waals surface area contributed by atoms with Crippen LogP contribution in [0.25, 0.3) is 0 Å². The Morgan fingerprint density at radius 3 is 2.54 bits per heavy atom. The number of hydrazone groups is 1. The molecule has 28 heavy (non-hydrogen) atoms. The summed E-state index contributed by atoms with van der Waals surface area (Å²) in [6, 6.07) is 19.9. The molecule has 0 radical (unpaired) electrons. The van der Waals surface area contributed by atoms with Crippen LogP contribution in [0.4, 0.5) is 0 Å². The van der Waals surface area contributed by atoms with Crippen molar-refractivity contribution in [3.63, 3.8) is 0 Å². The number of para-hydroxylation sites is 1. The van der Waals surface area contributed by atoms with Gasteiger partial charge in [0.1, 0.15) is 18.1 Å². The molecule has 0 saturated carbocycles. The van der Waals surface area contributed by atoms with Gasteiger partial charge in [0.05, 0.1) is 11.8 Å². The summed E-state index contributed by atoms with van der Waals surface area (Å²) in [5, 5.41) is 13.8. The normalized spacial score (nSPS) is 10.8. The monoisotopic (exact) mass is 502 g/mol. The molecule has 0 spiro atoms. The Hall–Kier alpha value is -2.64. The fraction of sp³-hybridized carbons (Fsp3) is 0.0476. The van der Waals surface area contributed by atoms with Gasteiger partial charge in [-0.05, 0) is 48.0 Å². The molecule has 3 aromatic carbocycles. The topological polar surface area (TPSA) is 70.9 Å². The molecule has 3 rings (SSSR count). The highest BCUT2D eigenvalue weighted by Crippen LogP contribution is 2.22. The number of nitrogens with one attached hydrogen (secondary N) is 1. The van der Waals surface area contributed by atoms with E-state index in [0.717, 1.165) is 15.6 Å². The summed E-state index contributed by atoms with van der Waals surface area (Å²) in [5.41, 5.74) is 4.30. The molecule has 0 fully saturated rings. The van der Waals surface area contributed by atoms with Crippen molar-refractivity contribution in [1.82, 2.24) is 5.43 Å². The van der Waals surface area contributed by atoms with Crippen molar-refractivity contribution in [2.75, 3.05) is 0 Å². The molecule has 7 heteroatoms. The first-order valence-corrected chi connectivity index (χ1v) is 9.90. The van der Waals surface area contributed by atoms with E-state index in [1.807, 2.05) is 48.5 Å². The molecule has 1 amide bonds. The maximum Gasteiger partial charge on any atom is 0.275 e. The molecule has 2 N–H and O–H groups in total. The van der Waals surface area contributed by atoms with Gasteiger partial charge in [0.2, 0.25) is 0 Å². The van der Waals surface area contributed by atoms with Crippen molar-refractivity contribution >= 4 is 44.0 Å². The Balaban J connectivity index is 1.66. The molecule has 0 atom stereocenters. The SMILES string of the molecule is O=C(N/N=C\c1ccccc1OCc1ccc(Br)cc1)c1cc(Br)ccc1O. The number of hydrogen-bond acceptors (Lipinski definition) is 4. The fourth-order valence-electron chi connectivity index (χ4n) is 2.37. The van der Waals surface area contributed by atoms with Gasteiger partial charge in [-0.1, -0.05) is 56.1 Å². The molecule has 0 unspecified atom stereocenters. The van der Waals surface area contributed by atoms with E-state index >= 15 is 0 Å². The fourth-order valence-corrected chi connectivity index (χ4v) is 3.00. The number of aromatic hydroxyl groups is 1. The van der Waals surface area contributed by atoms with Crippen LogP contribution in [0.3, 0.4) is 0 Å². The van der Waals surface area contributed by atoms with Gasteiger partial charge in [-0.3, -0.25) is 4.79 Å². The summed E-state index contributed by atoms with van der Waals surface area (Å²) in [4.78, 5) is 12.2. The van der Waals surface area contributed by atoms with Crippen LogP contribution in [-0.4, -0.2) is 17.2 Å². The van der Waals surface area contributed by atoms with Crippen LogP contribution in [0, 0.1) is 0 Å². The zero-order valence-corrected chi connectivity index (χ0v) is 17.8. The number of carbonyl (C=O) groups excluding carboxylic acids is 1. The van der Waals surface area contributed by atoms with Crippen LogP contribution in [0.2, 0.25) is 0 Å². The van der Waals surface area contributed by atoms with E-state index in [9.17, 15) is 9.90 Å². The van der Waals surface area contributed by atoms with Gasteiger partial charge in [0, 0.05) is 14.5 Å². The van der Waals surface area contributed by atoms with E-state index in [1.54, 1.807) is 6.07 Å². The Labute approximate surface area is 179 Å². The Morgan fingerprint density at radius 2 is 1.75 bits per heavy atom. The van der Waals surface area contributed by atoms with Crippen molar-refractivity contribution in [3.8, 4) is 11.5 Å². The Morgan fingerprint density at radius 1 is 1.04 bits per heavy atom. The lowest BCUT2D eigenvalue weighted by atomic mass is 10.2. The van der Waals surface area contributed by atoms with E-state index in [0.29, 0.717) is 16.8 Å². The van der Waals surface area contributed by atoms with Gasteiger partial charge in [-0.2, -0.15) is 5.10 Å². The van der Waals surface area contributed by atoms with Crippen LogP contribution in [0.5, 0.6) is 11.5 Å². The van der Waals surface area contributed by atoms with Gasteiger partial charge < -0.3 is 9.84 Å². The molecule has 0 bridgehead atoms. The summed E-state index contributed by atoms with van der Waals surface area (Å²) in [5.74, 6) is 0.0196. The van der Waals surface area contributed by atoms with Crippen molar-refractivity contribution in [3.05, 3.63) is 92.4 Å². The second-order valence-corrected chi connectivity index (χ2v) is 7.64. The predicted octanol–water partition coefficient (Wildman–Crippen LogP) is 5.26. The minimum atomic E-state index is -0.511. The summed E-state index contributed by atoms with van der Waals surface area (Å²) >= 11 is 6.68. The summed E-state index contributed by atoms with van der Waals surface area (Å²) in [6.07, 6.45) is 1.50. The lowest BCUT2D eigenvalue weighted by Gasteiger charge is -2.09. The number of hydrogen-bond donors (Lipinski definition) is 2. The first-order chi connectivity index (χ1) is 13.5. The average molecular weight is 504 g/mol. The lowest BCUT2D eigenvalue weighted by Crippen LogP contribution is -2.17. The number of nitrogens with zero attached hydrogens (tertiary/aromatic N) is 1. The summed E-state index contributed by atoms with van der Waals surface area (Å²) in [7, 11) is 0. The van der Waals surface area contributed by atoms with Gasteiger partial charge in [0.25, 0.3) is 5.91 Å². The zero-order chi connectivity index (χ0) is 19.9. The average Bonchev–Trinajstić information content (AvgIpc) is 2.70. The third-order valence-electron chi connectivity index (χ3n) is 3.80. The van der Waals surface area contributed by atoms with Gasteiger partial charge in [-0.25, -0.2) is 5.43 Å². The molecule has 142 valence electrons. The van der Waals surface area contributed by atoms with Crippen LogP contribution < -0.4 is 10.2 Å². The van der Waals surface area contributed by atoms with Crippen LogP contribution in [-0.2, 0) is 6.61 Å². The third-order valence-corrected chi connectivity index (χ3v) is 4.82. The zero-order valence-electron chi connectivity index (χ0n) is 14.6. The molecule has 0 saturated heterocycles. The molecule has 0 aliphatic carbocycles. The number of halogens is 2. The van der Waals surface area contributed by atoms with Gasteiger partial charge in [-0.15, -0.1) is 0 Å². The Kier molecular flexibility index (Phi) is 6.84. The maximum atomic E-state index is 12.2. The van der Waals surface area contributed by atoms with Crippen molar-refractivity contribution < 1.29 is 14.6 Å². The quantitative estimate of drug-likeness (QED) is 0.356. The Bertz CT molecular complexity index is 1000. The molecule has 0 aliphatic rings. The highest BCUT2D eigenvalue weighted by Gasteiger charge is 2.10. The molecule has 5 nitrogen and oxygen atoms in total. The highest BCUT2D eigenvalue weighted by molar-refractivity contribution is 9.10. The number of phenolic OH excluding ortho intramolecular Hbond substituents is 1. The molecular weight excluding hydrogens is 488 g/mol. The number of phenols is 1. The van der Waals surface area contributed by atoms with E-state index in [2.05, 4.69) is 42.4 Å². The number of ether oxygens (including phenoxy) is 1. The van der Waals surface area contributed by atoms with Crippen LogP contribution >= 0.6 is 31.9 Å². The van der Waals surface area contributed by atoms with E-state index in [-0.39, 0.29) is 11.3 Å². The van der Waals surface area contributed by atoms with Crippen molar-refractivity contribution in [2.24, 2.45) is 5.10 Å². The molecule has 3 aromatic rings.